The first-order chi connectivity index (χ1) is 7.42. The Morgan fingerprint density at radius 2 is 1.60 bits per heavy atom. The zero-order chi connectivity index (χ0) is 10.5. The average molecular weight is 209 g/mol. The smallest absolute Gasteiger partial charge is 0.00979 e. The minimum absolute atomic E-state index is 0.863. The van der Waals surface area contributed by atoms with Crippen LogP contribution < -0.4 is 5.32 Å². The van der Waals surface area contributed by atoms with Gasteiger partial charge in [0.2, 0.25) is 0 Å². The standard InChI is InChI=1S/C14H27N/c1-2-11-15-14-10-6-5-9-13(14)12-7-3-4-8-12/h12-15H,2-11H2,1H3. The van der Waals surface area contributed by atoms with Gasteiger partial charge < -0.3 is 5.32 Å². The highest BCUT2D eigenvalue weighted by Gasteiger charge is 2.32. The molecule has 2 unspecified atom stereocenters. The van der Waals surface area contributed by atoms with E-state index in [2.05, 4.69) is 12.2 Å². The van der Waals surface area contributed by atoms with Crippen molar-refractivity contribution in [1.82, 2.24) is 5.32 Å². The molecule has 1 nitrogen and oxygen atoms in total. The maximum atomic E-state index is 3.80. The largest absolute Gasteiger partial charge is 0.314 e. The lowest BCUT2D eigenvalue weighted by atomic mass is 9.75. The minimum Gasteiger partial charge on any atom is -0.314 e. The lowest BCUT2D eigenvalue weighted by molar-refractivity contribution is 0.187. The monoisotopic (exact) mass is 209 g/mol. The number of rotatable bonds is 4. The van der Waals surface area contributed by atoms with E-state index in [1.54, 1.807) is 0 Å². The molecule has 2 aliphatic carbocycles. The second-order valence-electron chi connectivity index (χ2n) is 5.55. The van der Waals surface area contributed by atoms with E-state index in [0.717, 1.165) is 17.9 Å². The number of hydrogen-bond acceptors (Lipinski definition) is 1. The quantitative estimate of drug-likeness (QED) is 0.744. The molecule has 0 spiro atoms. The summed E-state index contributed by atoms with van der Waals surface area (Å²) in [4.78, 5) is 0. The summed E-state index contributed by atoms with van der Waals surface area (Å²) in [7, 11) is 0. The van der Waals surface area contributed by atoms with Crippen LogP contribution in [0.5, 0.6) is 0 Å². The summed E-state index contributed by atoms with van der Waals surface area (Å²) in [5, 5.41) is 3.80. The SMILES string of the molecule is CCCNC1CCCCC1C1CCCC1. The van der Waals surface area contributed by atoms with Gasteiger partial charge in [0, 0.05) is 6.04 Å². The third-order valence-electron chi connectivity index (χ3n) is 4.48. The van der Waals surface area contributed by atoms with Crippen molar-refractivity contribution in [3.8, 4) is 0 Å². The number of hydrogen-bond donors (Lipinski definition) is 1. The second-order valence-corrected chi connectivity index (χ2v) is 5.55. The molecule has 0 aromatic rings. The van der Waals surface area contributed by atoms with Gasteiger partial charge in [0.25, 0.3) is 0 Å². The van der Waals surface area contributed by atoms with E-state index in [4.69, 9.17) is 0 Å². The summed E-state index contributed by atoms with van der Waals surface area (Å²) in [5.41, 5.74) is 0. The molecule has 15 heavy (non-hydrogen) atoms. The van der Waals surface area contributed by atoms with Crippen LogP contribution in [0.4, 0.5) is 0 Å². The molecular weight excluding hydrogens is 182 g/mol. The van der Waals surface area contributed by atoms with Crippen LogP contribution in [0, 0.1) is 11.8 Å². The van der Waals surface area contributed by atoms with Crippen LogP contribution in [-0.4, -0.2) is 12.6 Å². The Bertz CT molecular complexity index is 172. The maximum Gasteiger partial charge on any atom is 0.00979 e. The Morgan fingerprint density at radius 3 is 2.33 bits per heavy atom. The molecule has 2 aliphatic rings. The first-order valence-corrected chi connectivity index (χ1v) is 7.15. The van der Waals surface area contributed by atoms with Gasteiger partial charge in [0.05, 0.1) is 0 Å². The summed E-state index contributed by atoms with van der Waals surface area (Å²) in [6, 6.07) is 0.863. The van der Waals surface area contributed by atoms with E-state index in [9.17, 15) is 0 Å². The molecule has 2 rings (SSSR count). The summed E-state index contributed by atoms with van der Waals surface area (Å²) >= 11 is 0. The van der Waals surface area contributed by atoms with Crippen molar-refractivity contribution < 1.29 is 0 Å². The van der Waals surface area contributed by atoms with Crippen LogP contribution in [-0.2, 0) is 0 Å². The van der Waals surface area contributed by atoms with Gasteiger partial charge in [-0.2, -0.15) is 0 Å². The molecule has 2 saturated carbocycles. The van der Waals surface area contributed by atoms with E-state index < -0.39 is 0 Å². The Balaban J connectivity index is 1.86. The molecule has 0 bridgehead atoms. The summed E-state index contributed by atoms with van der Waals surface area (Å²) in [5.74, 6) is 2.09. The van der Waals surface area contributed by atoms with Crippen LogP contribution in [0.25, 0.3) is 0 Å². The Labute approximate surface area is 95.0 Å². The molecule has 0 heterocycles. The fourth-order valence-corrected chi connectivity index (χ4v) is 3.69. The zero-order valence-corrected chi connectivity index (χ0v) is 10.3. The normalized spacial score (nSPS) is 33.4. The summed E-state index contributed by atoms with van der Waals surface area (Å²) in [6.45, 7) is 3.51. The molecule has 1 N–H and O–H groups in total. The van der Waals surface area contributed by atoms with Gasteiger partial charge in [0.1, 0.15) is 0 Å². The topological polar surface area (TPSA) is 12.0 Å². The highest BCUT2D eigenvalue weighted by atomic mass is 14.9. The van der Waals surface area contributed by atoms with Crippen molar-refractivity contribution in [1.29, 1.82) is 0 Å². The van der Waals surface area contributed by atoms with E-state index in [-0.39, 0.29) is 0 Å². The molecule has 0 aromatic carbocycles. The van der Waals surface area contributed by atoms with E-state index >= 15 is 0 Å². The van der Waals surface area contributed by atoms with E-state index in [1.165, 1.54) is 64.3 Å². The first kappa shape index (κ1) is 11.4. The van der Waals surface area contributed by atoms with Gasteiger partial charge in [0.15, 0.2) is 0 Å². The Hall–Kier alpha value is -0.0400. The molecule has 1 heteroatoms. The second kappa shape index (κ2) is 5.89. The van der Waals surface area contributed by atoms with Crippen LogP contribution in [0.1, 0.15) is 64.7 Å². The highest BCUT2D eigenvalue weighted by molar-refractivity contribution is 4.87. The molecule has 0 amide bonds. The molecule has 0 aromatic heterocycles. The lowest BCUT2D eigenvalue weighted by Crippen LogP contribution is -2.41. The van der Waals surface area contributed by atoms with Crippen molar-refractivity contribution in [3.05, 3.63) is 0 Å². The van der Waals surface area contributed by atoms with E-state index in [1.807, 2.05) is 0 Å². The van der Waals surface area contributed by atoms with Crippen molar-refractivity contribution in [2.45, 2.75) is 70.8 Å². The van der Waals surface area contributed by atoms with Gasteiger partial charge in [-0.1, -0.05) is 45.4 Å². The Morgan fingerprint density at radius 1 is 0.933 bits per heavy atom. The van der Waals surface area contributed by atoms with Crippen LogP contribution in [0.15, 0.2) is 0 Å². The molecule has 0 radical (unpaired) electrons. The molecule has 2 atom stereocenters. The van der Waals surface area contributed by atoms with Gasteiger partial charge in [-0.05, 0) is 37.6 Å². The molecule has 0 saturated heterocycles. The van der Waals surface area contributed by atoms with Crippen molar-refractivity contribution in [3.63, 3.8) is 0 Å². The average Bonchev–Trinajstić information content (AvgIpc) is 2.80. The van der Waals surface area contributed by atoms with Gasteiger partial charge >= 0.3 is 0 Å². The van der Waals surface area contributed by atoms with E-state index in [0.29, 0.717) is 0 Å². The maximum absolute atomic E-state index is 3.80. The summed E-state index contributed by atoms with van der Waals surface area (Å²) in [6.07, 6.45) is 13.2. The first-order valence-electron chi connectivity index (χ1n) is 7.15. The van der Waals surface area contributed by atoms with Gasteiger partial charge in [-0.3, -0.25) is 0 Å². The van der Waals surface area contributed by atoms with Gasteiger partial charge in [-0.25, -0.2) is 0 Å². The third kappa shape index (κ3) is 2.96. The van der Waals surface area contributed by atoms with Crippen LogP contribution in [0.2, 0.25) is 0 Å². The van der Waals surface area contributed by atoms with Gasteiger partial charge in [-0.15, -0.1) is 0 Å². The van der Waals surface area contributed by atoms with Crippen molar-refractivity contribution >= 4 is 0 Å². The highest BCUT2D eigenvalue weighted by Crippen LogP contribution is 2.39. The molecule has 2 fully saturated rings. The van der Waals surface area contributed by atoms with Crippen LogP contribution >= 0.6 is 0 Å². The third-order valence-corrected chi connectivity index (χ3v) is 4.48. The fraction of sp³-hybridized carbons (Fsp3) is 1.00. The fourth-order valence-electron chi connectivity index (χ4n) is 3.69. The van der Waals surface area contributed by atoms with Crippen molar-refractivity contribution in [2.75, 3.05) is 6.54 Å². The predicted octanol–water partition coefficient (Wildman–Crippen LogP) is 3.74. The summed E-state index contributed by atoms with van der Waals surface area (Å²) < 4.78 is 0. The number of nitrogens with one attached hydrogen (secondary N) is 1. The Kier molecular flexibility index (Phi) is 4.49. The molecule has 0 aliphatic heterocycles. The molecular formula is C14H27N. The van der Waals surface area contributed by atoms with Crippen LogP contribution in [0.3, 0.4) is 0 Å². The lowest BCUT2D eigenvalue weighted by Gasteiger charge is -2.36. The molecule has 88 valence electrons. The zero-order valence-electron chi connectivity index (χ0n) is 10.3. The minimum atomic E-state index is 0.863. The predicted molar refractivity (Wildman–Crippen MR) is 66.0 cm³/mol. The van der Waals surface area contributed by atoms with Crippen molar-refractivity contribution in [2.24, 2.45) is 11.8 Å².